The van der Waals surface area contributed by atoms with Gasteiger partial charge in [0.1, 0.15) is 0 Å². The van der Waals surface area contributed by atoms with E-state index in [1.807, 2.05) is 0 Å². The van der Waals surface area contributed by atoms with Crippen molar-refractivity contribution in [1.29, 1.82) is 0 Å². The van der Waals surface area contributed by atoms with Gasteiger partial charge in [0.25, 0.3) is 0 Å². The van der Waals surface area contributed by atoms with Crippen LogP contribution in [0.5, 0.6) is 0 Å². The monoisotopic (exact) mass is 456 g/mol. The van der Waals surface area contributed by atoms with Crippen LogP contribution >= 0.6 is 0 Å². The van der Waals surface area contributed by atoms with Gasteiger partial charge < -0.3 is 10.2 Å². The van der Waals surface area contributed by atoms with E-state index < -0.39 is 11.4 Å². The van der Waals surface area contributed by atoms with Crippen molar-refractivity contribution in [2.75, 3.05) is 0 Å². The molecule has 33 heavy (non-hydrogen) atoms. The van der Waals surface area contributed by atoms with E-state index in [9.17, 15) is 15.0 Å². The van der Waals surface area contributed by atoms with E-state index in [0.29, 0.717) is 23.7 Å². The minimum absolute atomic E-state index is 0.0202. The van der Waals surface area contributed by atoms with Crippen molar-refractivity contribution >= 4 is 5.97 Å². The number of hydrogen-bond donors (Lipinski definition) is 2. The molecule has 0 saturated heterocycles. The third-order valence-electron chi connectivity index (χ3n) is 13.5. The zero-order valence-corrected chi connectivity index (χ0v) is 22.0. The molecule has 5 aliphatic carbocycles. The summed E-state index contributed by atoms with van der Waals surface area (Å²) < 4.78 is 0. The lowest BCUT2D eigenvalue weighted by molar-refractivity contribution is -0.248. The predicted molar refractivity (Wildman–Crippen MR) is 133 cm³/mol. The van der Waals surface area contributed by atoms with E-state index in [0.717, 1.165) is 38.5 Å². The second-order valence-corrected chi connectivity index (χ2v) is 14.5. The van der Waals surface area contributed by atoms with E-state index >= 15 is 0 Å². The van der Waals surface area contributed by atoms with Crippen LogP contribution in [0, 0.1) is 56.7 Å². The summed E-state index contributed by atoms with van der Waals surface area (Å²) in [6, 6.07) is 0. The van der Waals surface area contributed by atoms with Crippen LogP contribution in [0.2, 0.25) is 0 Å². The zero-order chi connectivity index (χ0) is 24.2. The first-order valence-electron chi connectivity index (χ1n) is 13.8. The molecule has 0 unspecified atom stereocenters. The van der Waals surface area contributed by atoms with Crippen LogP contribution in [-0.2, 0) is 4.79 Å². The van der Waals surface area contributed by atoms with E-state index in [1.165, 1.54) is 31.3 Å². The van der Waals surface area contributed by atoms with E-state index in [2.05, 4.69) is 48.1 Å². The van der Waals surface area contributed by atoms with Crippen molar-refractivity contribution in [3.8, 4) is 0 Å². The first-order chi connectivity index (χ1) is 15.3. The number of hydrogen-bond acceptors (Lipinski definition) is 2. The zero-order valence-electron chi connectivity index (χ0n) is 22.0. The Balaban J connectivity index is 1.57. The molecule has 5 rings (SSSR count). The molecule has 0 aromatic heterocycles. The summed E-state index contributed by atoms with van der Waals surface area (Å²) in [5, 5.41) is 21.4. The Morgan fingerprint density at radius 1 is 0.818 bits per heavy atom. The maximum absolute atomic E-state index is 12.8. The molecule has 5 aliphatic rings. The molecule has 5 fully saturated rings. The summed E-state index contributed by atoms with van der Waals surface area (Å²) in [5.74, 6) is 1.79. The third-order valence-corrected chi connectivity index (χ3v) is 13.5. The van der Waals surface area contributed by atoms with Crippen LogP contribution in [-0.4, -0.2) is 22.3 Å². The number of carboxylic acid groups (broad SMARTS) is 1. The van der Waals surface area contributed by atoms with E-state index in [1.54, 1.807) is 0 Å². The fourth-order valence-electron chi connectivity index (χ4n) is 11.5. The minimum atomic E-state index is -0.538. The molecule has 0 bridgehead atoms. The molecule has 10 atom stereocenters. The van der Waals surface area contributed by atoms with Crippen molar-refractivity contribution in [2.45, 2.75) is 112 Å². The Hall–Kier alpha value is -0.830. The van der Waals surface area contributed by atoms with Crippen molar-refractivity contribution in [1.82, 2.24) is 0 Å². The highest BCUT2D eigenvalue weighted by Gasteiger charge is 2.71. The number of rotatable bonds is 2. The average molecular weight is 457 g/mol. The van der Waals surface area contributed by atoms with Crippen molar-refractivity contribution in [2.24, 2.45) is 56.7 Å². The first kappa shape index (κ1) is 23.9. The molecule has 0 spiro atoms. The summed E-state index contributed by atoms with van der Waals surface area (Å²) in [4.78, 5) is 12.8. The topological polar surface area (TPSA) is 57.5 Å². The van der Waals surface area contributed by atoms with Crippen molar-refractivity contribution in [3.63, 3.8) is 0 Å². The normalized spacial score (nSPS) is 55.0. The van der Waals surface area contributed by atoms with Gasteiger partial charge >= 0.3 is 5.97 Å². The largest absolute Gasteiger partial charge is 0.481 e. The molecule has 3 nitrogen and oxygen atoms in total. The molecular weight excluding hydrogens is 408 g/mol. The lowest BCUT2D eigenvalue weighted by Crippen LogP contribution is -2.67. The van der Waals surface area contributed by atoms with Crippen LogP contribution in [0.4, 0.5) is 0 Å². The fraction of sp³-hybridized carbons (Fsp3) is 0.900. The number of aliphatic hydroxyl groups excluding tert-OH is 1. The molecule has 0 amide bonds. The molecule has 0 radical (unpaired) electrons. The number of carboxylic acids is 1. The smallest absolute Gasteiger partial charge is 0.309 e. The molecular formula is C30H48O3. The highest BCUT2D eigenvalue weighted by atomic mass is 16.4. The highest BCUT2D eigenvalue weighted by molar-refractivity contribution is 5.76. The minimum Gasteiger partial charge on any atom is -0.481 e. The lowest BCUT2D eigenvalue weighted by Gasteiger charge is -2.72. The van der Waals surface area contributed by atoms with Gasteiger partial charge in [-0.1, -0.05) is 46.8 Å². The SMILES string of the molecule is C=C(C)[C@H]1CC[C@@]2(C(=O)O)CC[C@]3(C)[C@H](CC[C@H]4[C@@]5(C)CC[C@@H](O)C(C)(C)[C@H]5CC[C@@]43C)[C@@H]12. The summed E-state index contributed by atoms with van der Waals surface area (Å²) in [7, 11) is 0. The van der Waals surface area contributed by atoms with Gasteiger partial charge in [0, 0.05) is 0 Å². The Bertz CT molecular complexity index is 861. The molecule has 0 aromatic rings. The van der Waals surface area contributed by atoms with Gasteiger partial charge in [-0.25, -0.2) is 0 Å². The molecule has 0 aromatic carbocycles. The predicted octanol–water partition coefficient (Wildman–Crippen LogP) is 7.09. The quantitative estimate of drug-likeness (QED) is 0.436. The van der Waals surface area contributed by atoms with E-state index in [-0.39, 0.29) is 33.7 Å². The van der Waals surface area contributed by atoms with Gasteiger partial charge in [-0.15, -0.1) is 0 Å². The Labute approximate surface area is 201 Å². The van der Waals surface area contributed by atoms with Crippen LogP contribution in [0.1, 0.15) is 106 Å². The van der Waals surface area contributed by atoms with Crippen LogP contribution in [0.15, 0.2) is 12.2 Å². The second kappa shape index (κ2) is 7.11. The Morgan fingerprint density at radius 3 is 2.15 bits per heavy atom. The summed E-state index contributed by atoms with van der Waals surface area (Å²) in [6.07, 6.45) is 10.5. The van der Waals surface area contributed by atoms with Crippen LogP contribution in [0.3, 0.4) is 0 Å². The van der Waals surface area contributed by atoms with Gasteiger partial charge in [-0.05, 0) is 122 Å². The van der Waals surface area contributed by atoms with Gasteiger partial charge in [0.2, 0.25) is 0 Å². The maximum Gasteiger partial charge on any atom is 0.309 e. The summed E-state index contributed by atoms with van der Waals surface area (Å²) in [6.45, 7) is 18.8. The molecule has 5 saturated carbocycles. The molecule has 0 heterocycles. The molecule has 3 heteroatoms. The standard InChI is InChI=1S/C30H48O3/c1-18(2)19-10-15-30(25(32)33)17-16-28(6)20(24(19)30)8-9-22-27(5)13-12-23(31)26(3,4)21(27)11-14-29(22,28)7/h19-24,31H,1,8-17H2,2-7H3,(H,32,33)/t19-,20-,21-,22+,23-,24-,27+,28-,29+,30-/m1/s1. The van der Waals surface area contributed by atoms with Gasteiger partial charge in [-0.2, -0.15) is 0 Å². The summed E-state index contributed by atoms with van der Waals surface area (Å²) >= 11 is 0. The number of fused-ring (bicyclic) bond motifs is 7. The highest BCUT2D eigenvalue weighted by Crippen LogP contribution is 2.77. The number of aliphatic hydroxyl groups is 1. The number of allylic oxidation sites excluding steroid dienone is 1. The third kappa shape index (κ3) is 2.75. The van der Waals surface area contributed by atoms with Gasteiger partial charge in [0.05, 0.1) is 11.5 Å². The first-order valence-corrected chi connectivity index (χ1v) is 13.8. The Kier molecular flexibility index (Phi) is 5.15. The average Bonchev–Trinajstić information content (AvgIpc) is 3.13. The van der Waals surface area contributed by atoms with Crippen molar-refractivity contribution in [3.05, 3.63) is 12.2 Å². The lowest BCUT2D eigenvalue weighted by atomic mass is 9.32. The van der Waals surface area contributed by atoms with E-state index in [4.69, 9.17) is 0 Å². The Morgan fingerprint density at radius 2 is 1.52 bits per heavy atom. The maximum atomic E-state index is 12.8. The van der Waals surface area contributed by atoms with Gasteiger partial charge in [-0.3, -0.25) is 4.79 Å². The molecule has 0 aliphatic heterocycles. The number of aliphatic carboxylic acids is 1. The van der Waals surface area contributed by atoms with Crippen LogP contribution in [0.25, 0.3) is 0 Å². The summed E-state index contributed by atoms with van der Waals surface area (Å²) in [5.41, 5.74) is 1.35. The molecule has 2 N–H and O–H groups in total. The fourth-order valence-corrected chi connectivity index (χ4v) is 11.5. The van der Waals surface area contributed by atoms with Crippen molar-refractivity contribution < 1.29 is 15.0 Å². The second-order valence-electron chi connectivity index (χ2n) is 14.5. The van der Waals surface area contributed by atoms with Crippen LogP contribution < -0.4 is 0 Å². The van der Waals surface area contributed by atoms with Gasteiger partial charge in [0.15, 0.2) is 0 Å². The number of carbonyl (C=O) groups is 1. The molecule has 186 valence electrons.